The summed E-state index contributed by atoms with van der Waals surface area (Å²) in [7, 11) is 0. The van der Waals surface area contributed by atoms with Gasteiger partial charge in [-0.1, -0.05) is 49.2 Å². The summed E-state index contributed by atoms with van der Waals surface area (Å²) in [5.74, 6) is 0.733. The summed E-state index contributed by atoms with van der Waals surface area (Å²) in [6.45, 7) is 1.94. The highest BCUT2D eigenvalue weighted by atomic mass is 16.3. The SMILES string of the molecule is CC(O)(CC1CC1)c1ccc2ccccc2c1. The lowest BCUT2D eigenvalue weighted by molar-refractivity contribution is 0.0419. The van der Waals surface area contributed by atoms with Crippen molar-refractivity contribution in [2.45, 2.75) is 31.8 Å². The quantitative estimate of drug-likeness (QED) is 0.843. The van der Waals surface area contributed by atoms with Gasteiger partial charge in [-0.15, -0.1) is 0 Å². The van der Waals surface area contributed by atoms with Gasteiger partial charge in [0, 0.05) is 0 Å². The molecule has 1 aliphatic carbocycles. The third-order valence-electron chi connectivity index (χ3n) is 3.75. The van der Waals surface area contributed by atoms with Crippen molar-refractivity contribution < 1.29 is 5.11 Å². The zero-order valence-corrected chi connectivity index (χ0v) is 10.2. The van der Waals surface area contributed by atoms with Crippen molar-refractivity contribution in [3.05, 3.63) is 48.0 Å². The summed E-state index contributed by atoms with van der Waals surface area (Å²) in [4.78, 5) is 0. The maximum Gasteiger partial charge on any atom is 0.0871 e. The average molecular weight is 226 g/mol. The highest BCUT2D eigenvalue weighted by molar-refractivity contribution is 5.83. The molecule has 1 nitrogen and oxygen atoms in total. The standard InChI is InChI=1S/C16H18O/c1-16(17,11-12-6-7-12)15-9-8-13-4-2-3-5-14(13)10-15/h2-5,8-10,12,17H,6-7,11H2,1H3. The monoisotopic (exact) mass is 226 g/mol. The van der Waals surface area contributed by atoms with Crippen LogP contribution >= 0.6 is 0 Å². The Morgan fingerprint density at radius 2 is 1.82 bits per heavy atom. The second-order valence-electron chi connectivity index (χ2n) is 5.48. The van der Waals surface area contributed by atoms with E-state index in [4.69, 9.17) is 0 Å². The summed E-state index contributed by atoms with van der Waals surface area (Å²) in [5.41, 5.74) is 0.369. The minimum absolute atomic E-state index is 0.675. The van der Waals surface area contributed by atoms with E-state index >= 15 is 0 Å². The average Bonchev–Trinajstić information content (AvgIpc) is 3.11. The molecule has 1 heteroatoms. The van der Waals surface area contributed by atoms with Crippen molar-refractivity contribution >= 4 is 10.8 Å². The summed E-state index contributed by atoms with van der Waals surface area (Å²) in [6.07, 6.45) is 3.46. The van der Waals surface area contributed by atoms with Gasteiger partial charge in [-0.25, -0.2) is 0 Å². The van der Waals surface area contributed by atoms with Gasteiger partial charge >= 0.3 is 0 Å². The molecule has 0 spiro atoms. The molecule has 88 valence electrons. The van der Waals surface area contributed by atoms with Crippen LogP contribution in [-0.4, -0.2) is 5.11 Å². The molecule has 1 aliphatic rings. The first-order chi connectivity index (χ1) is 8.15. The molecule has 0 saturated heterocycles. The Hall–Kier alpha value is -1.34. The van der Waals surface area contributed by atoms with E-state index in [1.807, 2.05) is 19.1 Å². The second kappa shape index (κ2) is 3.85. The van der Waals surface area contributed by atoms with E-state index in [-0.39, 0.29) is 0 Å². The summed E-state index contributed by atoms with van der Waals surface area (Å²) in [5, 5.41) is 13.0. The largest absolute Gasteiger partial charge is 0.385 e. The fourth-order valence-electron chi connectivity index (χ4n) is 2.53. The molecule has 0 bridgehead atoms. The highest BCUT2D eigenvalue weighted by Crippen LogP contribution is 2.40. The Morgan fingerprint density at radius 1 is 1.12 bits per heavy atom. The molecule has 0 radical (unpaired) electrons. The zero-order valence-electron chi connectivity index (χ0n) is 10.2. The van der Waals surface area contributed by atoms with Crippen LogP contribution in [0, 0.1) is 5.92 Å². The molecule has 1 saturated carbocycles. The van der Waals surface area contributed by atoms with Crippen molar-refractivity contribution in [3.8, 4) is 0 Å². The van der Waals surface area contributed by atoms with Gasteiger partial charge in [-0.2, -0.15) is 0 Å². The molecule has 0 heterocycles. The molecule has 0 aliphatic heterocycles. The maximum absolute atomic E-state index is 10.6. The third-order valence-corrected chi connectivity index (χ3v) is 3.75. The molecule has 1 N–H and O–H groups in total. The Bertz CT molecular complexity index is 538. The fourth-order valence-corrected chi connectivity index (χ4v) is 2.53. The highest BCUT2D eigenvalue weighted by Gasteiger charge is 2.32. The zero-order chi connectivity index (χ0) is 11.9. The van der Waals surface area contributed by atoms with Crippen molar-refractivity contribution in [1.29, 1.82) is 0 Å². The molecule has 1 unspecified atom stereocenters. The first kappa shape index (κ1) is 10.8. The van der Waals surface area contributed by atoms with Crippen LogP contribution in [0.4, 0.5) is 0 Å². The van der Waals surface area contributed by atoms with Crippen LogP contribution in [-0.2, 0) is 5.60 Å². The van der Waals surface area contributed by atoms with Gasteiger partial charge in [0.1, 0.15) is 0 Å². The van der Waals surface area contributed by atoms with Crippen LogP contribution < -0.4 is 0 Å². The topological polar surface area (TPSA) is 20.2 Å². The molecule has 0 aromatic heterocycles. The summed E-state index contributed by atoms with van der Waals surface area (Å²) < 4.78 is 0. The number of fused-ring (bicyclic) bond motifs is 1. The Kier molecular flexibility index (Phi) is 2.44. The van der Waals surface area contributed by atoms with E-state index in [1.165, 1.54) is 23.6 Å². The van der Waals surface area contributed by atoms with Gasteiger partial charge in [-0.05, 0) is 41.7 Å². The number of aliphatic hydroxyl groups is 1. The van der Waals surface area contributed by atoms with Crippen molar-refractivity contribution in [3.63, 3.8) is 0 Å². The van der Waals surface area contributed by atoms with Crippen molar-refractivity contribution in [2.75, 3.05) is 0 Å². The van der Waals surface area contributed by atoms with Gasteiger partial charge in [-0.3, -0.25) is 0 Å². The van der Waals surface area contributed by atoms with Gasteiger partial charge in [0.2, 0.25) is 0 Å². The van der Waals surface area contributed by atoms with Crippen LogP contribution in [0.1, 0.15) is 31.7 Å². The van der Waals surface area contributed by atoms with Gasteiger partial charge in [0.25, 0.3) is 0 Å². The van der Waals surface area contributed by atoms with Crippen LogP contribution in [0.5, 0.6) is 0 Å². The molecule has 2 aromatic rings. The molecule has 1 atom stereocenters. The van der Waals surface area contributed by atoms with Gasteiger partial charge in [0.15, 0.2) is 0 Å². The maximum atomic E-state index is 10.6. The van der Waals surface area contributed by atoms with E-state index in [0.717, 1.165) is 17.9 Å². The van der Waals surface area contributed by atoms with E-state index in [1.54, 1.807) is 0 Å². The molecular weight excluding hydrogens is 208 g/mol. The second-order valence-corrected chi connectivity index (χ2v) is 5.48. The molecule has 3 rings (SSSR count). The van der Waals surface area contributed by atoms with Gasteiger partial charge in [0.05, 0.1) is 5.60 Å². The number of hydrogen-bond acceptors (Lipinski definition) is 1. The van der Waals surface area contributed by atoms with E-state index in [9.17, 15) is 5.11 Å². The summed E-state index contributed by atoms with van der Waals surface area (Å²) >= 11 is 0. The van der Waals surface area contributed by atoms with E-state index in [2.05, 4.69) is 30.3 Å². The van der Waals surface area contributed by atoms with Crippen LogP contribution in [0.3, 0.4) is 0 Å². The Balaban J connectivity index is 1.98. The number of rotatable bonds is 3. The van der Waals surface area contributed by atoms with Gasteiger partial charge < -0.3 is 5.11 Å². The van der Waals surface area contributed by atoms with Crippen molar-refractivity contribution in [1.82, 2.24) is 0 Å². The molecule has 17 heavy (non-hydrogen) atoms. The lowest BCUT2D eigenvalue weighted by Gasteiger charge is -2.24. The van der Waals surface area contributed by atoms with E-state index < -0.39 is 5.60 Å². The normalized spacial score (nSPS) is 19.2. The van der Waals surface area contributed by atoms with Crippen LogP contribution in [0.2, 0.25) is 0 Å². The predicted octanol–water partition coefficient (Wildman–Crippen LogP) is 3.85. The molecule has 2 aromatic carbocycles. The number of hydrogen-bond donors (Lipinski definition) is 1. The number of benzene rings is 2. The fraction of sp³-hybridized carbons (Fsp3) is 0.375. The van der Waals surface area contributed by atoms with Crippen molar-refractivity contribution in [2.24, 2.45) is 5.92 Å². The van der Waals surface area contributed by atoms with E-state index in [0.29, 0.717) is 0 Å². The smallest absolute Gasteiger partial charge is 0.0871 e. The lowest BCUT2D eigenvalue weighted by atomic mass is 9.89. The van der Waals surface area contributed by atoms with Crippen LogP contribution in [0.25, 0.3) is 10.8 Å². The Morgan fingerprint density at radius 3 is 2.53 bits per heavy atom. The Labute approximate surface area is 102 Å². The molecular formula is C16H18O. The first-order valence-electron chi connectivity index (χ1n) is 6.37. The third kappa shape index (κ3) is 2.20. The minimum Gasteiger partial charge on any atom is -0.385 e. The summed E-state index contributed by atoms with van der Waals surface area (Å²) in [6, 6.07) is 14.6. The molecule has 1 fully saturated rings. The van der Waals surface area contributed by atoms with Crippen LogP contribution in [0.15, 0.2) is 42.5 Å². The lowest BCUT2D eigenvalue weighted by Crippen LogP contribution is -2.21. The molecule has 0 amide bonds. The first-order valence-corrected chi connectivity index (χ1v) is 6.37. The minimum atomic E-state index is -0.675. The predicted molar refractivity (Wildman–Crippen MR) is 70.9 cm³/mol.